The third-order valence-electron chi connectivity index (χ3n) is 10.5. The lowest BCUT2D eigenvalue weighted by atomic mass is 9.78. The third kappa shape index (κ3) is 4.64. The van der Waals surface area contributed by atoms with Crippen LogP contribution in [0.15, 0.2) is 182 Å². The van der Waals surface area contributed by atoms with Crippen molar-refractivity contribution in [2.24, 2.45) is 0 Å². The molecule has 0 N–H and O–H groups in total. The molecule has 236 valence electrons. The molecule has 8 aromatic carbocycles. The molecule has 0 aliphatic heterocycles. The van der Waals surface area contributed by atoms with Crippen LogP contribution in [0, 0.1) is 0 Å². The third-order valence-corrected chi connectivity index (χ3v) is 10.5. The second-order valence-corrected chi connectivity index (χ2v) is 13.3. The van der Waals surface area contributed by atoms with Gasteiger partial charge in [0.2, 0.25) is 0 Å². The zero-order chi connectivity index (χ0) is 33.0. The first-order valence-corrected chi connectivity index (χ1v) is 17.4. The molecule has 50 heavy (non-hydrogen) atoms. The summed E-state index contributed by atoms with van der Waals surface area (Å²) in [5.41, 5.74) is 11.2. The van der Waals surface area contributed by atoms with Gasteiger partial charge in [0.05, 0.1) is 11.7 Å². The van der Waals surface area contributed by atoms with Crippen LogP contribution in [-0.4, -0.2) is 6.04 Å². The van der Waals surface area contributed by atoms with Crippen molar-refractivity contribution >= 4 is 72.4 Å². The Morgan fingerprint density at radius 3 is 1.82 bits per heavy atom. The van der Waals surface area contributed by atoms with Gasteiger partial charge in [-0.15, -0.1) is 0 Å². The summed E-state index contributed by atoms with van der Waals surface area (Å²) in [5, 5.41) is 7.61. The van der Waals surface area contributed by atoms with E-state index in [4.69, 9.17) is 0 Å². The van der Waals surface area contributed by atoms with Crippen LogP contribution in [0.3, 0.4) is 0 Å². The van der Waals surface area contributed by atoms with E-state index in [1.807, 2.05) is 0 Å². The van der Waals surface area contributed by atoms with Gasteiger partial charge in [-0.2, -0.15) is 0 Å². The van der Waals surface area contributed by atoms with E-state index in [9.17, 15) is 0 Å². The van der Waals surface area contributed by atoms with Crippen LogP contribution in [0.5, 0.6) is 0 Å². The first kappa shape index (κ1) is 28.6. The normalized spacial score (nSPS) is 14.6. The minimum absolute atomic E-state index is 0.0409. The number of nitrogens with zero attached hydrogens (tertiary/aromatic N) is 2. The maximum atomic E-state index is 2.51. The van der Waals surface area contributed by atoms with Crippen molar-refractivity contribution in [3.05, 3.63) is 199 Å². The molecule has 1 unspecified atom stereocenters. The second kappa shape index (κ2) is 11.6. The van der Waals surface area contributed by atoms with Crippen molar-refractivity contribution in [3.63, 3.8) is 0 Å². The van der Waals surface area contributed by atoms with E-state index < -0.39 is 0 Å². The molecule has 0 amide bonds. The number of hydrogen-bond acceptors (Lipinski definition) is 2. The summed E-state index contributed by atoms with van der Waals surface area (Å²) in [6, 6.07) is 61.9. The lowest BCUT2D eigenvalue weighted by Crippen LogP contribution is -2.33. The number of rotatable bonds is 6. The van der Waals surface area contributed by atoms with Crippen LogP contribution in [0.1, 0.15) is 16.7 Å². The van der Waals surface area contributed by atoms with Gasteiger partial charge in [-0.05, 0) is 110 Å². The molecule has 0 heterocycles. The van der Waals surface area contributed by atoms with Crippen molar-refractivity contribution in [1.82, 2.24) is 0 Å². The van der Waals surface area contributed by atoms with Crippen LogP contribution < -0.4 is 9.80 Å². The molecule has 10 rings (SSSR count). The van der Waals surface area contributed by atoms with Gasteiger partial charge in [-0.3, -0.25) is 0 Å². The van der Waals surface area contributed by atoms with E-state index in [0.29, 0.717) is 0 Å². The molecule has 2 aliphatic carbocycles. The fourth-order valence-electron chi connectivity index (χ4n) is 8.15. The van der Waals surface area contributed by atoms with Crippen LogP contribution in [0.2, 0.25) is 0 Å². The van der Waals surface area contributed by atoms with Crippen LogP contribution >= 0.6 is 0 Å². The Hall–Kier alpha value is -6.38. The Morgan fingerprint density at radius 2 is 1.10 bits per heavy atom. The summed E-state index contributed by atoms with van der Waals surface area (Å²) in [4.78, 5) is 4.94. The number of fused-ring (bicyclic) bond motifs is 2. The molecule has 2 heteroatoms. The summed E-state index contributed by atoms with van der Waals surface area (Å²) in [6.45, 7) is 0. The number of allylic oxidation sites excluding steroid dienone is 1. The molecule has 0 radical (unpaired) electrons. The Kier molecular flexibility index (Phi) is 6.67. The van der Waals surface area contributed by atoms with Gasteiger partial charge in [0.1, 0.15) is 0 Å². The lowest BCUT2D eigenvalue weighted by molar-refractivity contribution is 0.951. The zero-order valence-corrected chi connectivity index (χ0v) is 27.6. The first-order chi connectivity index (χ1) is 24.8. The van der Waals surface area contributed by atoms with Gasteiger partial charge in [-0.1, -0.05) is 133 Å². The van der Waals surface area contributed by atoms with Crippen LogP contribution in [-0.2, 0) is 6.42 Å². The highest BCUT2D eigenvalue weighted by molar-refractivity contribution is 6.11. The van der Waals surface area contributed by atoms with E-state index in [1.54, 1.807) is 0 Å². The SMILES string of the molecule is C1=CC(N(c2ccccc2)c2ccc3ccccc3c2)C2=CCc3ccc(N(c4ccccc4)c4ccc5ccccc5c4)c4ccc1c2c34. The molecular weight excluding hydrogens is 605 g/mol. The standard InChI is InChI=1S/C48H34N2/c1-3-15-39(16-4-1)49(41-25-19-33-11-7-9-13-37(33)31-41)45-29-23-35-22-28-44-46(30-24-36-21-27-43(45)47(35)48(36)44)50(40-17-5-2-6-18-40)42-26-20-34-12-8-10-14-38(34)32-42/h1-21,23-32,46H,22H2. The largest absolute Gasteiger partial charge is 0.330 e. The smallest absolute Gasteiger partial charge is 0.0782 e. The number of benzene rings is 8. The predicted molar refractivity (Wildman–Crippen MR) is 213 cm³/mol. The van der Waals surface area contributed by atoms with Crippen molar-refractivity contribution < 1.29 is 0 Å². The predicted octanol–water partition coefficient (Wildman–Crippen LogP) is 12.8. The molecule has 8 aromatic rings. The highest BCUT2D eigenvalue weighted by Crippen LogP contribution is 2.48. The molecule has 1 atom stereocenters. The summed E-state index contributed by atoms with van der Waals surface area (Å²) < 4.78 is 0. The molecule has 0 spiro atoms. The van der Waals surface area contributed by atoms with Crippen molar-refractivity contribution in [1.29, 1.82) is 0 Å². The summed E-state index contributed by atoms with van der Waals surface area (Å²) in [7, 11) is 0. The van der Waals surface area contributed by atoms with Gasteiger partial charge < -0.3 is 9.80 Å². The van der Waals surface area contributed by atoms with E-state index in [-0.39, 0.29) is 6.04 Å². The van der Waals surface area contributed by atoms with Gasteiger partial charge in [0.25, 0.3) is 0 Å². The Bertz CT molecular complexity index is 2630. The summed E-state index contributed by atoms with van der Waals surface area (Å²) in [6.07, 6.45) is 8.11. The fourth-order valence-corrected chi connectivity index (χ4v) is 8.15. The number of para-hydroxylation sites is 2. The van der Waals surface area contributed by atoms with Crippen LogP contribution in [0.4, 0.5) is 28.4 Å². The maximum absolute atomic E-state index is 2.51. The topological polar surface area (TPSA) is 6.48 Å². The number of hydrogen-bond donors (Lipinski definition) is 0. The van der Waals surface area contributed by atoms with Gasteiger partial charge in [0, 0.05) is 28.1 Å². The Labute approximate surface area is 292 Å². The average Bonchev–Trinajstić information content (AvgIpc) is 3.19. The molecule has 0 fully saturated rings. The minimum Gasteiger partial charge on any atom is -0.330 e. The molecular formula is C48H34N2. The van der Waals surface area contributed by atoms with E-state index in [2.05, 4.69) is 198 Å². The minimum atomic E-state index is 0.0409. The quantitative estimate of drug-likeness (QED) is 0.179. The fraction of sp³-hybridized carbons (Fsp3) is 0.0417. The molecule has 2 aliphatic rings. The Morgan fingerprint density at radius 1 is 0.480 bits per heavy atom. The molecule has 0 saturated carbocycles. The van der Waals surface area contributed by atoms with E-state index in [0.717, 1.165) is 17.8 Å². The van der Waals surface area contributed by atoms with Crippen molar-refractivity contribution in [3.8, 4) is 0 Å². The van der Waals surface area contributed by atoms with Gasteiger partial charge in [-0.25, -0.2) is 0 Å². The van der Waals surface area contributed by atoms with Gasteiger partial charge >= 0.3 is 0 Å². The monoisotopic (exact) mass is 638 g/mol. The summed E-state index contributed by atoms with van der Waals surface area (Å²) in [5.74, 6) is 0. The average molecular weight is 639 g/mol. The molecule has 0 bridgehead atoms. The second-order valence-electron chi connectivity index (χ2n) is 13.3. The van der Waals surface area contributed by atoms with Crippen molar-refractivity contribution in [2.45, 2.75) is 12.5 Å². The van der Waals surface area contributed by atoms with Gasteiger partial charge in [0.15, 0.2) is 0 Å². The molecule has 0 aromatic heterocycles. The number of anilines is 5. The molecule has 2 nitrogen and oxygen atoms in total. The Balaban J connectivity index is 1.16. The summed E-state index contributed by atoms with van der Waals surface area (Å²) >= 11 is 0. The van der Waals surface area contributed by atoms with E-state index >= 15 is 0 Å². The maximum Gasteiger partial charge on any atom is 0.0782 e. The molecule has 0 saturated heterocycles. The van der Waals surface area contributed by atoms with Crippen molar-refractivity contribution in [2.75, 3.05) is 9.80 Å². The highest BCUT2D eigenvalue weighted by Gasteiger charge is 2.32. The zero-order valence-electron chi connectivity index (χ0n) is 27.6. The highest BCUT2D eigenvalue weighted by atomic mass is 15.2. The van der Waals surface area contributed by atoms with Crippen LogP contribution in [0.25, 0.3) is 44.0 Å². The van der Waals surface area contributed by atoms with E-state index in [1.165, 1.54) is 71.6 Å². The first-order valence-electron chi connectivity index (χ1n) is 17.4. The lowest BCUT2D eigenvalue weighted by Gasteiger charge is -2.38.